The Balaban J connectivity index is 0.000000120. The van der Waals surface area contributed by atoms with Gasteiger partial charge in [0.2, 0.25) is 0 Å². The fourth-order valence-corrected chi connectivity index (χ4v) is 0.642. The van der Waals surface area contributed by atoms with Crippen LogP contribution in [0.5, 0.6) is 0 Å². The van der Waals surface area contributed by atoms with Crippen molar-refractivity contribution in [2.24, 2.45) is 9.98 Å². The second-order valence-electron chi connectivity index (χ2n) is 2.02. The van der Waals surface area contributed by atoms with Crippen molar-refractivity contribution in [3.63, 3.8) is 0 Å². The van der Waals surface area contributed by atoms with Crippen molar-refractivity contribution in [1.82, 2.24) is 10.6 Å². The van der Waals surface area contributed by atoms with Crippen molar-refractivity contribution in [1.29, 1.82) is 0 Å². The third kappa shape index (κ3) is 2.91. The summed E-state index contributed by atoms with van der Waals surface area (Å²) in [5.41, 5.74) is 0. The summed E-state index contributed by atoms with van der Waals surface area (Å²) in [6, 6.07) is -0.454. The highest BCUT2D eigenvalue weighted by atomic mass is 16.2. The fourth-order valence-electron chi connectivity index (χ4n) is 0.642. The van der Waals surface area contributed by atoms with Crippen LogP contribution in [0.3, 0.4) is 0 Å². The standard InChI is InChI=1S/C3H6N2O.C3H2N2O/c2*6-3-4-1-2-5-3/h1-2H2,(H2,4,5,6);1-2H. The molecular weight excluding hydrogens is 160 g/mol. The van der Waals surface area contributed by atoms with Crippen molar-refractivity contribution in [3.05, 3.63) is 0 Å². The largest absolute Gasteiger partial charge is 0.367 e. The summed E-state index contributed by atoms with van der Waals surface area (Å²) in [5.74, 6) is 0. The molecule has 0 aliphatic carbocycles. The zero-order valence-corrected chi connectivity index (χ0v) is 6.28. The van der Waals surface area contributed by atoms with Crippen molar-refractivity contribution in [3.8, 4) is 0 Å². The van der Waals surface area contributed by atoms with Gasteiger partial charge < -0.3 is 10.6 Å². The third-order valence-corrected chi connectivity index (χ3v) is 1.13. The van der Waals surface area contributed by atoms with Gasteiger partial charge in [-0.3, -0.25) is 0 Å². The number of carbonyl (C=O) groups is 2. The molecule has 64 valence electrons. The summed E-state index contributed by atoms with van der Waals surface area (Å²) < 4.78 is 0. The summed E-state index contributed by atoms with van der Waals surface area (Å²) in [7, 11) is 0. The molecule has 0 bridgehead atoms. The van der Waals surface area contributed by atoms with Gasteiger partial charge in [0, 0.05) is 13.1 Å². The Hall–Kier alpha value is -1.72. The van der Waals surface area contributed by atoms with Gasteiger partial charge in [0.15, 0.2) is 0 Å². The highest BCUT2D eigenvalue weighted by molar-refractivity contribution is 6.25. The van der Waals surface area contributed by atoms with Gasteiger partial charge in [-0.05, 0) is 0 Å². The van der Waals surface area contributed by atoms with Gasteiger partial charge in [0.05, 0.1) is 12.4 Å². The Labute approximate surface area is 68.8 Å². The van der Waals surface area contributed by atoms with Crippen molar-refractivity contribution in [2.45, 2.75) is 0 Å². The first-order valence-corrected chi connectivity index (χ1v) is 3.41. The van der Waals surface area contributed by atoms with Crippen LogP contribution in [0.1, 0.15) is 0 Å². The van der Waals surface area contributed by atoms with E-state index in [0.717, 1.165) is 13.1 Å². The lowest BCUT2D eigenvalue weighted by Gasteiger charge is -1.80. The molecule has 4 amide bonds. The molecule has 0 saturated carbocycles. The van der Waals surface area contributed by atoms with Crippen LogP contribution in [0.2, 0.25) is 0 Å². The van der Waals surface area contributed by atoms with E-state index in [1.807, 2.05) is 0 Å². The van der Waals surface area contributed by atoms with Crippen LogP contribution in [-0.2, 0) is 0 Å². The van der Waals surface area contributed by atoms with E-state index < -0.39 is 6.03 Å². The number of aliphatic imine (C=N–C) groups is 2. The summed E-state index contributed by atoms with van der Waals surface area (Å²) >= 11 is 0. The molecule has 0 spiro atoms. The topological polar surface area (TPSA) is 82.9 Å². The summed E-state index contributed by atoms with van der Waals surface area (Å²) in [5, 5.41) is 5.14. The minimum Gasteiger partial charge on any atom is -0.336 e. The molecule has 2 heterocycles. The van der Waals surface area contributed by atoms with Gasteiger partial charge >= 0.3 is 12.1 Å². The molecule has 0 radical (unpaired) electrons. The summed E-state index contributed by atoms with van der Waals surface area (Å²) in [4.78, 5) is 26.4. The molecule has 2 N–H and O–H groups in total. The molecule has 0 aromatic carbocycles. The molecule has 2 rings (SSSR count). The Morgan fingerprint density at radius 1 is 1.08 bits per heavy atom. The number of amides is 4. The lowest BCUT2D eigenvalue weighted by molar-refractivity contribution is 0.248. The maximum absolute atomic E-state index is 10.0. The van der Waals surface area contributed by atoms with Crippen LogP contribution in [0, 0.1) is 0 Å². The first-order chi connectivity index (χ1) is 5.79. The molecule has 6 nitrogen and oxygen atoms in total. The number of carbonyl (C=O) groups excluding carboxylic acids is 2. The van der Waals surface area contributed by atoms with E-state index in [1.165, 1.54) is 12.4 Å². The monoisotopic (exact) mass is 168 g/mol. The number of rotatable bonds is 0. The quantitative estimate of drug-likeness (QED) is 0.514. The molecule has 0 atom stereocenters. The lowest BCUT2D eigenvalue weighted by Crippen LogP contribution is -2.20. The Morgan fingerprint density at radius 3 is 1.75 bits per heavy atom. The van der Waals surface area contributed by atoms with Gasteiger partial charge in [-0.1, -0.05) is 0 Å². The maximum Gasteiger partial charge on any atom is 0.367 e. The molecule has 1 saturated heterocycles. The SMILES string of the molecule is O=C1N=CC=N1.O=C1NCCN1. The van der Waals surface area contributed by atoms with Crippen LogP contribution < -0.4 is 10.6 Å². The van der Waals surface area contributed by atoms with Crippen molar-refractivity contribution in [2.75, 3.05) is 13.1 Å². The zero-order valence-electron chi connectivity index (χ0n) is 6.28. The van der Waals surface area contributed by atoms with Crippen molar-refractivity contribution < 1.29 is 9.59 Å². The zero-order chi connectivity index (χ0) is 8.81. The second-order valence-corrected chi connectivity index (χ2v) is 2.02. The number of nitrogens with zero attached hydrogens (tertiary/aromatic N) is 2. The normalized spacial score (nSPS) is 18.3. The summed E-state index contributed by atoms with van der Waals surface area (Å²) in [6.07, 6.45) is 2.73. The number of nitrogens with one attached hydrogen (secondary N) is 2. The highest BCUT2D eigenvalue weighted by Gasteiger charge is 2.03. The average Bonchev–Trinajstić information content (AvgIpc) is 2.63. The summed E-state index contributed by atoms with van der Waals surface area (Å²) in [6.45, 7) is 1.55. The smallest absolute Gasteiger partial charge is 0.336 e. The minimum atomic E-state index is -0.407. The van der Waals surface area contributed by atoms with Gasteiger partial charge in [0.25, 0.3) is 0 Å². The van der Waals surface area contributed by atoms with E-state index in [9.17, 15) is 9.59 Å². The van der Waals surface area contributed by atoms with E-state index >= 15 is 0 Å². The number of urea groups is 2. The molecule has 12 heavy (non-hydrogen) atoms. The van der Waals surface area contributed by atoms with Crippen LogP contribution in [-0.4, -0.2) is 37.6 Å². The molecule has 6 heteroatoms. The molecule has 0 unspecified atom stereocenters. The molecular formula is C6H8N4O2. The second kappa shape index (κ2) is 4.22. The third-order valence-electron chi connectivity index (χ3n) is 1.13. The fraction of sp³-hybridized carbons (Fsp3) is 0.333. The Morgan fingerprint density at radius 2 is 1.58 bits per heavy atom. The minimum absolute atomic E-state index is 0.0463. The first-order valence-electron chi connectivity index (χ1n) is 3.41. The predicted octanol–water partition coefficient (Wildman–Crippen LogP) is -0.439. The molecule has 2 aliphatic rings. The molecule has 0 aromatic rings. The predicted molar refractivity (Wildman–Crippen MR) is 43.8 cm³/mol. The van der Waals surface area contributed by atoms with Gasteiger partial charge in [-0.25, -0.2) is 9.59 Å². The molecule has 1 fully saturated rings. The van der Waals surface area contributed by atoms with Crippen LogP contribution >= 0.6 is 0 Å². The van der Waals surface area contributed by atoms with Gasteiger partial charge in [-0.15, -0.1) is 0 Å². The molecule has 0 aromatic heterocycles. The van der Waals surface area contributed by atoms with Crippen LogP contribution in [0.15, 0.2) is 9.98 Å². The van der Waals surface area contributed by atoms with E-state index in [1.54, 1.807) is 0 Å². The number of hydrogen-bond acceptors (Lipinski definition) is 2. The Kier molecular flexibility index (Phi) is 2.95. The molecule has 2 aliphatic heterocycles. The average molecular weight is 168 g/mol. The van der Waals surface area contributed by atoms with Gasteiger partial charge in [-0.2, -0.15) is 9.98 Å². The number of hydrogen-bond donors (Lipinski definition) is 2. The van der Waals surface area contributed by atoms with E-state index in [2.05, 4.69) is 20.6 Å². The Bertz CT molecular complexity index is 224. The van der Waals surface area contributed by atoms with E-state index in [0.29, 0.717) is 0 Å². The van der Waals surface area contributed by atoms with Crippen molar-refractivity contribution >= 4 is 24.5 Å². The first kappa shape index (κ1) is 8.38. The highest BCUT2D eigenvalue weighted by Crippen LogP contribution is 1.81. The van der Waals surface area contributed by atoms with Crippen LogP contribution in [0.25, 0.3) is 0 Å². The van der Waals surface area contributed by atoms with E-state index in [-0.39, 0.29) is 6.03 Å². The maximum atomic E-state index is 10.0. The lowest BCUT2D eigenvalue weighted by atomic mass is 10.7. The van der Waals surface area contributed by atoms with E-state index in [4.69, 9.17) is 0 Å². The van der Waals surface area contributed by atoms with Crippen LogP contribution in [0.4, 0.5) is 9.59 Å². The van der Waals surface area contributed by atoms with Gasteiger partial charge in [0.1, 0.15) is 0 Å².